The molecule has 3 nitrogen and oxygen atoms in total. The first kappa shape index (κ1) is 13.9. The summed E-state index contributed by atoms with van der Waals surface area (Å²) in [5, 5.41) is 2.12. The second-order valence-corrected chi connectivity index (χ2v) is 4.27. The number of carbonyl (C=O) groups excluding carboxylic acids is 2. The zero-order valence-electron chi connectivity index (χ0n) is 10.6. The smallest absolute Gasteiger partial charge is 0.296 e. The first-order valence-electron chi connectivity index (χ1n) is 5.85. The fourth-order valence-electron chi connectivity index (χ4n) is 1.61. The van der Waals surface area contributed by atoms with Gasteiger partial charge in [-0.1, -0.05) is 29.8 Å². The Morgan fingerprint density at radius 2 is 1.65 bits per heavy atom. The van der Waals surface area contributed by atoms with E-state index in [-0.39, 0.29) is 11.3 Å². The number of aryl methyl sites for hydroxylation is 1. The van der Waals surface area contributed by atoms with Crippen LogP contribution in [-0.4, -0.2) is 11.7 Å². The van der Waals surface area contributed by atoms with Gasteiger partial charge in [0.05, 0.1) is 5.69 Å². The molecular weight excluding hydrogens is 264 g/mol. The van der Waals surface area contributed by atoms with Crippen molar-refractivity contribution >= 4 is 17.4 Å². The molecular formula is C15H11F2NO2. The molecule has 102 valence electrons. The standard InChI is InChI=1S/C15H11F2NO2/c1-9-2-4-10(5-3-9)14(19)15(20)18-13-7-6-11(16)8-12(13)17/h2-8H,1H3,(H,18,20). The minimum Gasteiger partial charge on any atom is -0.317 e. The van der Waals surface area contributed by atoms with Gasteiger partial charge in [-0.05, 0) is 19.1 Å². The minimum atomic E-state index is -0.973. The van der Waals surface area contributed by atoms with Gasteiger partial charge in [-0.15, -0.1) is 0 Å². The summed E-state index contributed by atoms with van der Waals surface area (Å²) in [6.07, 6.45) is 0. The summed E-state index contributed by atoms with van der Waals surface area (Å²) >= 11 is 0. The number of benzene rings is 2. The van der Waals surface area contributed by atoms with Crippen LogP contribution in [0.5, 0.6) is 0 Å². The number of rotatable bonds is 3. The third-order valence-electron chi connectivity index (χ3n) is 2.70. The van der Waals surface area contributed by atoms with Gasteiger partial charge in [0, 0.05) is 11.6 Å². The van der Waals surface area contributed by atoms with Gasteiger partial charge in [-0.3, -0.25) is 9.59 Å². The third-order valence-corrected chi connectivity index (χ3v) is 2.70. The van der Waals surface area contributed by atoms with E-state index in [9.17, 15) is 18.4 Å². The van der Waals surface area contributed by atoms with Crippen LogP contribution in [0.4, 0.5) is 14.5 Å². The summed E-state index contributed by atoms with van der Waals surface area (Å²) in [7, 11) is 0. The molecule has 20 heavy (non-hydrogen) atoms. The number of halogens is 2. The van der Waals surface area contributed by atoms with Gasteiger partial charge in [0.2, 0.25) is 0 Å². The summed E-state index contributed by atoms with van der Waals surface area (Å²) in [5.41, 5.74) is 0.916. The Morgan fingerprint density at radius 3 is 2.25 bits per heavy atom. The molecule has 0 aliphatic heterocycles. The summed E-state index contributed by atoms with van der Waals surface area (Å²) < 4.78 is 26.1. The van der Waals surface area contributed by atoms with E-state index in [1.165, 1.54) is 12.1 Å². The van der Waals surface area contributed by atoms with Gasteiger partial charge in [0.25, 0.3) is 11.7 Å². The van der Waals surface area contributed by atoms with Crippen LogP contribution >= 0.6 is 0 Å². The molecule has 0 atom stereocenters. The van der Waals surface area contributed by atoms with Crippen molar-refractivity contribution in [3.05, 3.63) is 65.2 Å². The monoisotopic (exact) mass is 275 g/mol. The predicted octanol–water partition coefficient (Wildman–Crippen LogP) is 3.09. The molecule has 2 rings (SSSR count). The zero-order valence-corrected chi connectivity index (χ0v) is 10.6. The molecule has 2 aromatic rings. The number of carbonyl (C=O) groups is 2. The Bertz CT molecular complexity index is 666. The van der Waals surface area contributed by atoms with E-state index in [1.807, 2.05) is 6.92 Å². The van der Waals surface area contributed by atoms with Crippen LogP contribution in [-0.2, 0) is 4.79 Å². The van der Waals surface area contributed by atoms with E-state index >= 15 is 0 Å². The van der Waals surface area contributed by atoms with Crippen LogP contribution < -0.4 is 5.32 Å². The lowest BCUT2D eigenvalue weighted by Gasteiger charge is -2.06. The van der Waals surface area contributed by atoms with Crippen molar-refractivity contribution in [1.82, 2.24) is 0 Å². The molecule has 0 aliphatic rings. The fourth-order valence-corrected chi connectivity index (χ4v) is 1.61. The van der Waals surface area contributed by atoms with Crippen molar-refractivity contribution in [2.75, 3.05) is 5.32 Å². The predicted molar refractivity (Wildman–Crippen MR) is 70.5 cm³/mol. The van der Waals surface area contributed by atoms with E-state index in [0.29, 0.717) is 6.07 Å². The number of anilines is 1. The van der Waals surface area contributed by atoms with Gasteiger partial charge in [-0.25, -0.2) is 8.78 Å². The fraction of sp³-hybridized carbons (Fsp3) is 0.0667. The number of nitrogens with one attached hydrogen (secondary N) is 1. The molecule has 0 heterocycles. The Labute approximate surface area is 114 Å². The SMILES string of the molecule is Cc1ccc(C(=O)C(=O)Nc2ccc(F)cc2F)cc1. The Balaban J connectivity index is 2.15. The first-order chi connectivity index (χ1) is 9.47. The second-order valence-electron chi connectivity index (χ2n) is 4.27. The maximum atomic E-state index is 13.4. The molecule has 0 saturated carbocycles. The summed E-state index contributed by atoms with van der Waals surface area (Å²) in [5.74, 6) is -3.45. The van der Waals surface area contributed by atoms with Gasteiger partial charge < -0.3 is 5.32 Å². The largest absolute Gasteiger partial charge is 0.317 e. The number of amides is 1. The highest BCUT2D eigenvalue weighted by atomic mass is 19.1. The summed E-state index contributed by atoms with van der Waals surface area (Å²) in [6.45, 7) is 1.85. The molecule has 0 radical (unpaired) electrons. The van der Waals surface area contributed by atoms with E-state index in [2.05, 4.69) is 5.32 Å². The van der Waals surface area contributed by atoms with Crippen molar-refractivity contribution in [2.24, 2.45) is 0 Å². The molecule has 0 spiro atoms. The van der Waals surface area contributed by atoms with E-state index in [0.717, 1.165) is 17.7 Å². The highest BCUT2D eigenvalue weighted by Crippen LogP contribution is 2.15. The lowest BCUT2D eigenvalue weighted by Crippen LogP contribution is -2.23. The molecule has 0 aliphatic carbocycles. The van der Waals surface area contributed by atoms with Gasteiger partial charge in [0.15, 0.2) is 0 Å². The number of hydrogen-bond acceptors (Lipinski definition) is 2. The normalized spacial score (nSPS) is 10.2. The number of hydrogen-bond donors (Lipinski definition) is 1. The molecule has 1 N–H and O–H groups in total. The molecule has 1 amide bonds. The molecule has 0 bridgehead atoms. The second kappa shape index (κ2) is 5.61. The molecule has 0 saturated heterocycles. The minimum absolute atomic E-state index is 0.204. The van der Waals surface area contributed by atoms with Crippen LogP contribution in [0.25, 0.3) is 0 Å². The average Bonchev–Trinajstić information content (AvgIpc) is 2.42. The van der Waals surface area contributed by atoms with Crippen LogP contribution in [0.3, 0.4) is 0 Å². The van der Waals surface area contributed by atoms with Crippen LogP contribution in [0.1, 0.15) is 15.9 Å². The van der Waals surface area contributed by atoms with Crippen LogP contribution in [0.15, 0.2) is 42.5 Å². The topological polar surface area (TPSA) is 46.2 Å². The van der Waals surface area contributed by atoms with Crippen LogP contribution in [0, 0.1) is 18.6 Å². The number of ketones is 1. The highest BCUT2D eigenvalue weighted by molar-refractivity contribution is 6.46. The Morgan fingerprint density at radius 1 is 1.00 bits per heavy atom. The maximum Gasteiger partial charge on any atom is 0.296 e. The van der Waals surface area contributed by atoms with E-state index < -0.39 is 23.3 Å². The van der Waals surface area contributed by atoms with Crippen molar-refractivity contribution in [3.63, 3.8) is 0 Å². The molecule has 5 heteroatoms. The number of Topliss-reactive ketones (excluding diaryl/α,β-unsaturated/α-hetero) is 1. The third kappa shape index (κ3) is 3.06. The highest BCUT2D eigenvalue weighted by Gasteiger charge is 2.17. The lowest BCUT2D eigenvalue weighted by atomic mass is 10.1. The van der Waals surface area contributed by atoms with Gasteiger partial charge in [0.1, 0.15) is 11.6 Å². The Kier molecular flexibility index (Phi) is 3.89. The van der Waals surface area contributed by atoms with E-state index in [4.69, 9.17) is 0 Å². The molecule has 0 fully saturated rings. The van der Waals surface area contributed by atoms with Crippen molar-refractivity contribution in [3.8, 4) is 0 Å². The van der Waals surface area contributed by atoms with Crippen molar-refractivity contribution in [2.45, 2.75) is 6.92 Å². The first-order valence-corrected chi connectivity index (χ1v) is 5.85. The molecule has 2 aromatic carbocycles. The molecule has 0 unspecified atom stereocenters. The van der Waals surface area contributed by atoms with Gasteiger partial charge >= 0.3 is 0 Å². The van der Waals surface area contributed by atoms with Crippen LogP contribution in [0.2, 0.25) is 0 Å². The molecule has 0 aromatic heterocycles. The Hall–Kier alpha value is -2.56. The van der Waals surface area contributed by atoms with Gasteiger partial charge in [-0.2, -0.15) is 0 Å². The maximum absolute atomic E-state index is 13.4. The lowest BCUT2D eigenvalue weighted by molar-refractivity contribution is -0.112. The summed E-state index contributed by atoms with van der Waals surface area (Å²) in [4.78, 5) is 23.5. The van der Waals surface area contributed by atoms with Crippen molar-refractivity contribution in [1.29, 1.82) is 0 Å². The quantitative estimate of drug-likeness (QED) is 0.691. The summed E-state index contributed by atoms with van der Waals surface area (Å²) in [6, 6.07) is 9.10. The van der Waals surface area contributed by atoms with E-state index in [1.54, 1.807) is 12.1 Å². The van der Waals surface area contributed by atoms with Crippen molar-refractivity contribution < 1.29 is 18.4 Å². The average molecular weight is 275 g/mol. The zero-order chi connectivity index (χ0) is 14.7.